The molecule has 4 aromatic rings. The Morgan fingerprint density at radius 2 is 1.72 bits per heavy atom. The van der Waals surface area contributed by atoms with Gasteiger partial charge in [0.05, 0.1) is 10.6 Å². The molecule has 0 spiro atoms. The van der Waals surface area contributed by atoms with Crippen molar-refractivity contribution in [2.75, 3.05) is 6.54 Å². The zero-order chi connectivity index (χ0) is 22.4. The zero-order valence-corrected chi connectivity index (χ0v) is 17.9. The molecule has 0 bridgehead atoms. The maximum absolute atomic E-state index is 11.3. The highest BCUT2D eigenvalue weighted by molar-refractivity contribution is 7.89. The lowest BCUT2D eigenvalue weighted by atomic mass is 10.1. The molecule has 1 aromatic heterocycles. The summed E-state index contributed by atoms with van der Waals surface area (Å²) in [6, 6.07) is 24.1. The quantitative estimate of drug-likeness (QED) is 0.375. The summed E-state index contributed by atoms with van der Waals surface area (Å²) in [7, 11) is -3.66. The molecule has 3 aromatic carbocycles. The molecule has 164 valence electrons. The number of ether oxygens (including phenoxy) is 1. The second-order valence-corrected chi connectivity index (χ2v) is 8.64. The number of nitrogens with one attached hydrogen (secondary N) is 1. The summed E-state index contributed by atoms with van der Waals surface area (Å²) in [5, 5.41) is 20.2. The Morgan fingerprint density at radius 1 is 0.938 bits per heavy atom. The molecule has 32 heavy (non-hydrogen) atoms. The van der Waals surface area contributed by atoms with Crippen LogP contribution in [0.15, 0.2) is 83.8 Å². The van der Waals surface area contributed by atoms with Gasteiger partial charge in [-0.3, -0.25) is 0 Å². The maximum Gasteiger partial charge on any atom is 0.345 e. The van der Waals surface area contributed by atoms with Gasteiger partial charge in [-0.25, -0.2) is 13.6 Å². The van der Waals surface area contributed by atoms with Crippen molar-refractivity contribution in [3.8, 4) is 17.4 Å². The number of rotatable bonds is 9. The molecule has 0 amide bonds. The van der Waals surface area contributed by atoms with E-state index in [-0.39, 0.29) is 10.9 Å². The second-order valence-electron chi connectivity index (χ2n) is 7.07. The van der Waals surface area contributed by atoms with Crippen molar-refractivity contribution in [1.82, 2.24) is 25.5 Å². The van der Waals surface area contributed by atoms with Crippen molar-refractivity contribution in [3.63, 3.8) is 0 Å². The van der Waals surface area contributed by atoms with Crippen LogP contribution in [0.3, 0.4) is 0 Å². The molecule has 4 rings (SSSR count). The molecule has 0 unspecified atom stereocenters. The van der Waals surface area contributed by atoms with Crippen LogP contribution in [0.1, 0.15) is 11.1 Å². The average molecular weight is 451 g/mol. The van der Waals surface area contributed by atoms with Crippen LogP contribution in [0, 0.1) is 0 Å². The number of aromatic nitrogens is 4. The van der Waals surface area contributed by atoms with E-state index < -0.39 is 10.0 Å². The van der Waals surface area contributed by atoms with E-state index in [1.807, 2.05) is 54.6 Å². The highest BCUT2D eigenvalue weighted by Gasteiger charge is 2.11. The molecule has 0 atom stereocenters. The van der Waals surface area contributed by atoms with Gasteiger partial charge in [0.25, 0.3) is 0 Å². The van der Waals surface area contributed by atoms with Gasteiger partial charge >= 0.3 is 6.01 Å². The van der Waals surface area contributed by atoms with E-state index in [1.165, 1.54) is 16.8 Å². The van der Waals surface area contributed by atoms with Crippen LogP contribution < -0.4 is 15.2 Å². The standard InChI is InChI=1S/C22H22N6O3S/c23-32(29,30)21-11-9-17(10-12-21)13-14-24-16-18-5-4-8-20(15-18)31-22-25-26-27-28(22)19-6-2-1-3-7-19/h1-12,15,24H,13-14,16H2,(H2,23,29,30). The minimum atomic E-state index is -3.66. The molecular weight excluding hydrogens is 428 g/mol. The van der Waals surface area contributed by atoms with Gasteiger partial charge in [-0.05, 0) is 70.9 Å². The lowest BCUT2D eigenvalue weighted by Crippen LogP contribution is -2.17. The van der Waals surface area contributed by atoms with Gasteiger partial charge < -0.3 is 10.1 Å². The van der Waals surface area contributed by atoms with Gasteiger partial charge in [0.1, 0.15) is 5.75 Å². The Hall–Kier alpha value is -3.60. The number of para-hydroxylation sites is 1. The molecule has 0 saturated heterocycles. The summed E-state index contributed by atoms with van der Waals surface area (Å²) in [6.07, 6.45) is 0.757. The van der Waals surface area contributed by atoms with Crippen LogP contribution in [0.2, 0.25) is 0 Å². The van der Waals surface area contributed by atoms with E-state index in [9.17, 15) is 8.42 Å². The summed E-state index contributed by atoms with van der Waals surface area (Å²) in [5.41, 5.74) is 2.88. The number of nitrogens with zero attached hydrogens (tertiary/aromatic N) is 4. The van der Waals surface area contributed by atoms with Crippen molar-refractivity contribution in [2.45, 2.75) is 17.9 Å². The van der Waals surface area contributed by atoms with Crippen molar-refractivity contribution >= 4 is 10.0 Å². The van der Waals surface area contributed by atoms with E-state index in [0.717, 1.165) is 29.8 Å². The van der Waals surface area contributed by atoms with Crippen LogP contribution in [0.4, 0.5) is 0 Å². The SMILES string of the molecule is NS(=O)(=O)c1ccc(CCNCc2cccc(Oc3nnnn3-c3ccccc3)c2)cc1. The smallest absolute Gasteiger partial charge is 0.345 e. The lowest BCUT2D eigenvalue weighted by Gasteiger charge is -2.09. The van der Waals surface area contributed by atoms with Gasteiger partial charge in [-0.2, -0.15) is 4.68 Å². The Bertz CT molecular complexity index is 1270. The number of hydrogen-bond acceptors (Lipinski definition) is 7. The number of nitrogens with two attached hydrogens (primary N) is 1. The van der Waals surface area contributed by atoms with Gasteiger partial charge in [0.2, 0.25) is 10.0 Å². The minimum Gasteiger partial charge on any atom is -0.423 e. The number of tetrazole rings is 1. The molecule has 10 heteroatoms. The summed E-state index contributed by atoms with van der Waals surface area (Å²) >= 11 is 0. The summed E-state index contributed by atoms with van der Waals surface area (Å²) < 4.78 is 30.1. The summed E-state index contributed by atoms with van der Waals surface area (Å²) in [4.78, 5) is 0.115. The third-order valence-corrected chi connectivity index (χ3v) is 5.65. The van der Waals surface area contributed by atoms with Gasteiger partial charge in [-0.1, -0.05) is 47.6 Å². The molecule has 3 N–H and O–H groups in total. The fourth-order valence-electron chi connectivity index (χ4n) is 3.11. The van der Waals surface area contributed by atoms with Crippen molar-refractivity contribution in [3.05, 3.63) is 90.0 Å². The first-order valence-corrected chi connectivity index (χ1v) is 11.5. The van der Waals surface area contributed by atoms with Crippen molar-refractivity contribution in [1.29, 1.82) is 0 Å². The largest absolute Gasteiger partial charge is 0.423 e. The van der Waals surface area contributed by atoms with Gasteiger partial charge in [-0.15, -0.1) is 0 Å². The van der Waals surface area contributed by atoms with E-state index in [2.05, 4.69) is 20.8 Å². The van der Waals surface area contributed by atoms with Crippen LogP contribution in [0.5, 0.6) is 11.8 Å². The monoisotopic (exact) mass is 450 g/mol. The zero-order valence-electron chi connectivity index (χ0n) is 17.1. The second kappa shape index (κ2) is 9.69. The third kappa shape index (κ3) is 5.55. The molecule has 0 saturated carbocycles. The fraction of sp³-hybridized carbons (Fsp3) is 0.136. The molecule has 1 heterocycles. The Balaban J connectivity index is 1.32. The first kappa shape index (κ1) is 21.6. The minimum absolute atomic E-state index is 0.115. The van der Waals surface area contributed by atoms with Crippen LogP contribution in [0.25, 0.3) is 5.69 Å². The maximum atomic E-state index is 11.3. The molecule has 0 radical (unpaired) electrons. The molecular formula is C22H22N6O3S. The average Bonchev–Trinajstić information content (AvgIpc) is 3.25. The highest BCUT2D eigenvalue weighted by Crippen LogP contribution is 2.22. The number of sulfonamides is 1. The Morgan fingerprint density at radius 3 is 2.47 bits per heavy atom. The molecule has 9 nitrogen and oxygen atoms in total. The van der Waals surface area contributed by atoms with Gasteiger partial charge in [0, 0.05) is 6.54 Å². The topological polar surface area (TPSA) is 125 Å². The fourth-order valence-corrected chi connectivity index (χ4v) is 3.62. The Kier molecular flexibility index (Phi) is 6.55. The van der Waals surface area contributed by atoms with E-state index in [4.69, 9.17) is 9.88 Å². The van der Waals surface area contributed by atoms with Crippen LogP contribution >= 0.6 is 0 Å². The van der Waals surface area contributed by atoms with Crippen molar-refractivity contribution < 1.29 is 13.2 Å². The first-order valence-electron chi connectivity index (χ1n) is 9.92. The summed E-state index contributed by atoms with van der Waals surface area (Å²) in [5.74, 6) is 0.634. The van der Waals surface area contributed by atoms with Crippen molar-refractivity contribution in [2.24, 2.45) is 5.14 Å². The number of hydrogen-bond donors (Lipinski definition) is 2. The van der Waals surface area contributed by atoms with Crippen LogP contribution in [-0.2, 0) is 23.0 Å². The highest BCUT2D eigenvalue weighted by atomic mass is 32.2. The molecule has 0 fully saturated rings. The van der Waals surface area contributed by atoms with E-state index in [0.29, 0.717) is 12.3 Å². The van der Waals surface area contributed by atoms with E-state index >= 15 is 0 Å². The first-order chi connectivity index (χ1) is 15.5. The van der Waals surface area contributed by atoms with Gasteiger partial charge in [0.15, 0.2) is 0 Å². The predicted molar refractivity (Wildman–Crippen MR) is 119 cm³/mol. The molecule has 0 aliphatic rings. The third-order valence-electron chi connectivity index (χ3n) is 4.72. The lowest BCUT2D eigenvalue weighted by molar-refractivity contribution is 0.426. The van der Waals surface area contributed by atoms with E-state index in [1.54, 1.807) is 12.1 Å². The summed E-state index contributed by atoms with van der Waals surface area (Å²) in [6.45, 7) is 1.38. The predicted octanol–water partition coefficient (Wildman–Crippen LogP) is 2.43. The molecule has 0 aliphatic carbocycles. The van der Waals surface area contributed by atoms with Crippen LogP contribution in [-0.4, -0.2) is 35.2 Å². The Labute approximate surface area is 185 Å². The number of primary sulfonamides is 1. The molecule has 0 aliphatic heterocycles. The number of benzene rings is 3. The normalized spacial score (nSPS) is 11.4.